The van der Waals surface area contributed by atoms with Crippen LogP contribution in [0.4, 0.5) is 0 Å². The Kier molecular flexibility index (Phi) is 4.20. The predicted octanol–water partition coefficient (Wildman–Crippen LogP) is 4.78. The number of carbonyl (C=O) groups is 1. The molecule has 0 atom stereocenters. The van der Waals surface area contributed by atoms with Gasteiger partial charge in [0.2, 0.25) is 0 Å². The van der Waals surface area contributed by atoms with Gasteiger partial charge in [0.05, 0.1) is 24.2 Å². The van der Waals surface area contributed by atoms with Crippen LogP contribution < -0.4 is 4.74 Å². The molecule has 1 heterocycles. The quantitative estimate of drug-likeness (QED) is 0.712. The first kappa shape index (κ1) is 15.7. The van der Waals surface area contributed by atoms with E-state index in [0.717, 1.165) is 5.56 Å². The molecule has 0 bridgehead atoms. The number of para-hydroxylation sites is 1. The number of hydrogen-bond acceptors (Lipinski definition) is 2. The van der Waals surface area contributed by atoms with Crippen LogP contribution in [0.5, 0.6) is 5.75 Å². The third-order valence-electron chi connectivity index (χ3n) is 3.62. The molecule has 0 unspecified atom stereocenters. The minimum Gasteiger partial charge on any atom is -0.496 e. The molecule has 3 aromatic rings. The number of benzene rings is 2. The van der Waals surface area contributed by atoms with Crippen molar-refractivity contribution in [2.75, 3.05) is 7.11 Å². The van der Waals surface area contributed by atoms with Crippen molar-refractivity contribution in [2.24, 2.45) is 0 Å². The highest BCUT2D eigenvalue weighted by Crippen LogP contribution is 2.39. The molecular weight excluding hydrogens is 337 g/mol. The summed E-state index contributed by atoms with van der Waals surface area (Å²) in [6, 6.07) is 10.7. The number of aliphatic carboxylic acids is 1. The van der Waals surface area contributed by atoms with Gasteiger partial charge in [-0.05, 0) is 29.8 Å². The van der Waals surface area contributed by atoms with Gasteiger partial charge in [0.1, 0.15) is 5.75 Å². The van der Waals surface area contributed by atoms with E-state index in [4.69, 9.17) is 27.9 Å². The van der Waals surface area contributed by atoms with E-state index in [0.29, 0.717) is 38.0 Å². The first-order valence-corrected chi connectivity index (χ1v) is 7.61. The number of rotatable bonds is 4. The van der Waals surface area contributed by atoms with Gasteiger partial charge < -0.3 is 14.8 Å². The lowest BCUT2D eigenvalue weighted by molar-refractivity contribution is -0.136. The van der Waals surface area contributed by atoms with E-state index in [2.05, 4.69) is 4.98 Å². The van der Waals surface area contributed by atoms with Crippen LogP contribution in [0.15, 0.2) is 36.4 Å². The molecule has 0 aliphatic rings. The fourth-order valence-electron chi connectivity index (χ4n) is 2.72. The average molecular weight is 350 g/mol. The number of nitrogens with one attached hydrogen (secondary N) is 1. The maximum absolute atomic E-state index is 11.3. The van der Waals surface area contributed by atoms with Crippen molar-refractivity contribution < 1.29 is 14.6 Å². The topological polar surface area (TPSA) is 62.3 Å². The number of hydrogen-bond donors (Lipinski definition) is 2. The lowest BCUT2D eigenvalue weighted by Crippen LogP contribution is -2.01. The Morgan fingerprint density at radius 1 is 1.26 bits per heavy atom. The molecule has 6 heteroatoms. The van der Waals surface area contributed by atoms with Gasteiger partial charge in [-0.15, -0.1) is 0 Å². The van der Waals surface area contributed by atoms with Gasteiger partial charge in [-0.3, -0.25) is 4.79 Å². The summed E-state index contributed by atoms with van der Waals surface area (Å²) in [7, 11) is 1.57. The molecule has 0 spiro atoms. The van der Waals surface area contributed by atoms with Crippen molar-refractivity contribution >= 4 is 40.1 Å². The Morgan fingerprint density at radius 3 is 2.70 bits per heavy atom. The molecule has 118 valence electrons. The van der Waals surface area contributed by atoms with Crippen LogP contribution in [-0.4, -0.2) is 23.2 Å². The summed E-state index contributed by atoms with van der Waals surface area (Å²) >= 11 is 12.3. The Labute approximate surface area is 142 Å². The van der Waals surface area contributed by atoms with Crippen molar-refractivity contribution in [3.63, 3.8) is 0 Å². The molecule has 0 aliphatic carbocycles. The summed E-state index contributed by atoms with van der Waals surface area (Å²) in [6.45, 7) is 0. The monoisotopic (exact) mass is 349 g/mol. The van der Waals surface area contributed by atoms with Crippen molar-refractivity contribution in [3.8, 4) is 17.0 Å². The molecule has 0 radical (unpaired) electrons. The molecule has 0 saturated carbocycles. The first-order chi connectivity index (χ1) is 11.0. The van der Waals surface area contributed by atoms with E-state index < -0.39 is 5.97 Å². The van der Waals surface area contributed by atoms with E-state index in [9.17, 15) is 9.90 Å². The largest absolute Gasteiger partial charge is 0.496 e. The third-order valence-corrected chi connectivity index (χ3v) is 4.14. The number of carboxylic acid groups (broad SMARTS) is 1. The van der Waals surface area contributed by atoms with E-state index >= 15 is 0 Å². The van der Waals surface area contributed by atoms with Gasteiger partial charge in [0.15, 0.2) is 0 Å². The maximum atomic E-state index is 11.3. The summed E-state index contributed by atoms with van der Waals surface area (Å²) in [6.07, 6.45) is -0.158. The van der Waals surface area contributed by atoms with E-state index in [1.54, 1.807) is 19.2 Å². The smallest absolute Gasteiger partial charge is 0.307 e. The molecule has 0 fully saturated rings. The van der Waals surface area contributed by atoms with E-state index in [1.165, 1.54) is 0 Å². The van der Waals surface area contributed by atoms with Crippen LogP contribution in [0.3, 0.4) is 0 Å². The second-order valence-electron chi connectivity index (χ2n) is 5.06. The van der Waals surface area contributed by atoms with Gasteiger partial charge in [-0.1, -0.05) is 35.3 Å². The Morgan fingerprint density at radius 2 is 2.00 bits per heavy atom. The molecule has 3 rings (SSSR count). The van der Waals surface area contributed by atoms with Crippen LogP contribution in [-0.2, 0) is 11.2 Å². The molecular formula is C17H13Cl2NO3. The molecule has 2 aromatic carbocycles. The summed E-state index contributed by atoms with van der Waals surface area (Å²) in [4.78, 5) is 14.5. The van der Waals surface area contributed by atoms with Crippen LogP contribution in [0.25, 0.3) is 22.2 Å². The summed E-state index contributed by atoms with van der Waals surface area (Å²) < 4.78 is 5.38. The maximum Gasteiger partial charge on any atom is 0.307 e. The molecule has 0 aliphatic heterocycles. The zero-order valence-electron chi connectivity index (χ0n) is 12.2. The number of methoxy groups -OCH3 is 1. The second-order valence-corrected chi connectivity index (χ2v) is 5.90. The number of fused-ring (bicyclic) bond motifs is 1. The molecule has 23 heavy (non-hydrogen) atoms. The number of H-pyrrole nitrogens is 1. The molecule has 2 N–H and O–H groups in total. The van der Waals surface area contributed by atoms with Gasteiger partial charge in [-0.2, -0.15) is 0 Å². The van der Waals surface area contributed by atoms with Gasteiger partial charge >= 0.3 is 5.97 Å². The second kappa shape index (κ2) is 6.14. The number of aromatic nitrogens is 1. The van der Waals surface area contributed by atoms with E-state index in [-0.39, 0.29) is 6.42 Å². The molecule has 0 saturated heterocycles. The highest BCUT2D eigenvalue weighted by atomic mass is 35.5. The number of halogens is 2. The average Bonchev–Trinajstić information content (AvgIpc) is 2.84. The fourth-order valence-corrected chi connectivity index (χ4v) is 3.33. The van der Waals surface area contributed by atoms with Crippen LogP contribution in [0, 0.1) is 0 Å². The Balaban J connectivity index is 2.35. The zero-order valence-corrected chi connectivity index (χ0v) is 13.7. The third kappa shape index (κ3) is 2.87. The zero-order chi connectivity index (χ0) is 16.6. The van der Waals surface area contributed by atoms with Crippen molar-refractivity contribution in [1.29, 1.82) is 0 Å². The molecule has 0 amide bonds. The normalized spacial score (nSPS) is 10.9. The van der Waals surface area contributed by atoms with Crippen LogP contribution in [0.1, 0.15) is 5.56 Å². The number of aromatic amines is 1. The first-order valence-electron chi connectivity index (χ1n) is 6.86. The minimum absolute atomic E-state index is 0.158. The Bertz CT molecular complexity index is 902. The Hall–Kier alpha value is -2.17. The minimum atomic E-state index is -0.937. The van der Waals surface area contributed by atoms with Crippen molar-refractivity contribution in [3.05, 3.63) is 52.0 Å². The van der Waals surface area contributed by atoms with Gasteiger partial charge in [0.25, 0.3) is 0 Å². The van der Waals surface area contributed by atoms with Crippen LogP contribution >= 0.6 is 23.2 Å². The van der Waals surface area contributed by atoms with Gasteiger partial charge in [0, 0.05) is 21.5 Å². The lowest BCUT2D eigenvalue weighted by atomic mass is 10.0. The summed E-state index contributed by atoms with van der Waals surface area (Å²) in [5.74, 6) is -0.291. The highest BCUT2D eigenvalue weighted by molar-refractivity contribution is 6.39. The van der Waals surface area contributed by atoms with E-state index in [1.807, 2.05) is 24.3 Å². The molecule has 1 aromatic heterocycles. The highest BCUT2D eigenvalue weighted by Gasteiger charge is 2.20. The standard InChI is InChI=1S/C17H13Cl2NO3/c1-23-14-5-3-2-4-10(14)17-11(8-15(21)22)16-12(19)6-9(18)7-13(16)20-17/h2-7,20H,8H2,1H3,(H,21,22). The fraction of sp³-hybridized carbons (Fsp3) is 0.118. The van der Waals surface area contributed by atoms with Crippen molar-refractivity contribution in [2.45, 2.75) is 6.42 Å². The predicted molar refractivity (Wildman–Crippen MR) is 91.6 cm³/mol. The van der Waals surface area contributed by atoms with Crippen molar-refractivity contribution in [1.82, 2.24) is 4.98 Å². The summed E-state index contributed by atoms with van der Waals surface area (Å²) in [5, 5.41) is 10.8. The summed E-state index contributed by atoms with van der Waals surface area (Å²) in [5.41, 5.74) is 2.75. The van der Waals surface area contributed by atoms with Gasteiger partial charge in [-0.25, -0.2) is 0 Å². The van der Waals surface area contributed by atoms with Crippen LogP contribution in [0.2, 0.25) is 10.0 Å². The lowest BCUT2D eigenvalue weighted by Gasteiger charge is -2.08. The number of carboxylic acids is 1. The molecule has 4 nitrogen and oxygen atoms in total. The number of ether oxygens (including phenoxy) is 1. The SMILES string of the molecule is COc1ccccc1-c1[nH]c2cc(Cl)cc(Cl)c2c1CC(=O)O.